The Morgan fingerprint density at radius 1 is 1.19 bits per heavy atom. The Bertz CT molecular complexity index is 620. The maximum atomic E-state index is 11.2. The van der Waals surface area contributed by atoms with Crippen molar-refractivity contribution in [2.45, 2.75) is 20.0 Å². The van der Waals surface area contributed by atoms with E-state index in [1.54, 1.807) is 12.1 Å². The highest BCUT2D eigenvalue weighted by atomic mass is 16.5. The number of rotatable bonds is 6. The summed E-state index contributed by atoms with van der Waals surface area (Å²) in [6.45, 7) is 2.74. The van der Waals surface area contributed by atoms with E-state index in [-0.39, 0.29) is 12.2 Å². The van der Waals surface area contributed by atoms with Gasteiger partial charge in [-0.2, -0.15) is 0 Å². The Morgan fingerprint density at radius 3 is 2.52 bits per heavy atom. The predicted octanol–water partition coefficient (Wildman–Crippen LogP) is 2.77. The second-order valence-corrected chi connectivity index (χ2v) is 4.88. The van der Waals surface area contributed by atoms with Gasteiger partial charge in [0.15, 0.2) is 0 Å². The molecule has 0 atom stereocenters. The molecule has 0 amide bonds. The minimum Gasteiger partial charge on any atom is -0.489 e. The second-order valence-electron chi connectivity index (χ2n) is 4.88. The average molecular weight is 285 g/mol. The van der Waals surface area contributed by atoms with Crippen molar-refractivity contribution in [2.24, 2.45) is 5.73 Å². The van der Waals surface area contributed by atoms with Gasteiger partial charge in [0.1, 0.15) is 12.4 Å². The first-order valence-electron chi connectivity index (χ1n) is 6.85. The fraction of sp³-hybridized carbons (Fsp3) is 0.235. The number of hydrogen-bond donors (Lipinski definition) is 2. The fourth-order valence-corrected chi connectivity index (χ4v) is 2.17. The van der Waals surface area contributed by atoms with Crippen LogP contribution in [0.5, 0.6) is 5.75 Å². The van der Waals surface area contributed by atoms with Gasteiger partial charge in [-0.25, -0.2) is 4.79 Å². The number of nitrogens with two attached hydrogens (primary N) is 1. The molecule has 0 radical (unpaired) electrons. The molecule has 2 rings (SSSR count). The van der Waals surface area contributed by atoms with Crippen LogP contribution >= 0.6 is 0 Å². The third kappa shape index (κ3) is 3.83. The number of hydrogen-bond acceptors (Lipinski definition) is 3. The van der Waals surface area contributed by atoms with Crippen molar-refractivity contribution in [3.8, 4) is 5.75 Å². The van der Waals surface area contributed by atoms with Crippen LogP contribution in [-0.2, 0) is 13.0 Å². The summed E-state index contributed by atoms with van der Waals surface area (Å²) in [4.78, 5) is 11.2. The van der Waals surface area contributed by atoms with Gasteiger partial charge < -0.3 is 15.6 Å². The Labute approximate surface area is 124 Å². The summed E-state index contributed by atoms with van der Waals surface area (Å²) in [6, 6.07) is 12.9. The normalized spacial score (nSPS) is 10.4. The van der Waals surface area contributed by atoms with E-state index in [1.165, 1.54) is 0 Å². The lowest BCUT2D eigenvalue weighted by Gasteiger charge is -2.12. The molecule has 2 aromatic carbocycles. The van der Waals surface area contributed by atoms with Gasteiger partial charge in [0.25, 0.3) is 0 Å². The summed E-state index contributed by atoms with van der Waals surface area (Å²) in [7, 11) is 0. The molecule has 4 heteroatoms. The molecule has 0 fully saturated rings. The lowest BCUT2D eigenvalue weighted by molar-refractivity contribution is 0.0693. The molecule has 0 spiro atoms. The molecule has 0 unspecified atom stereocenters. The summed E-state index contributed by atoms with van der Waals surface area (Å²) < 4.78 is 5.70. The van der Waals surface area contributed by atoms with Crippen LogP contribution in [0.4, 0.5) is 0 Å². The number of carboxylic acid groups (broad SMARTS) is 1. The van der Waals surface area contributed by atoms with Gasteiger partial charge in [-0.3, -0.25) is 0 Å². The smallest absolute Gasteiger partial charge is 0.336 e. The minimum atomic E-state index is -0.935. The molecule has 0 heterocycles. The van der Waals surface area contributed by atoms with E-state index in [0.717, 1.165) is 23.3 Å². The van der Waals surface area contributed by atoms with Crippen molar-refractivity contribution in [3.05, 3.63) is 64.7 Å². The maximum absolute atomic E-state index is 11.2. The number of aromatic carboxylic acids is 1. The molecule has 0 saturated carbocycles. The highest BCUT2D eigenvalue weighted by Gasteiger charge is 2.12. The van der Waals surface area contributed by atoms with Crippen molar-refractivity contribution >= 4 is 5.97 Å². The summed E-state index contributed by atoms with van der Waals surface area (Å²) in [5, 5.41) is 9.22. The number of carbonyl (C=O) groups is 1. The summed E-state index contributed by atoms with van der Waals surface area (Å²) in [5.41, 5.74) is 8.57. The molecular weight excluding hydrogens is 266 g/mol. The highest BCUT2D eigenvalue weighted by molar-refractivity contribution is 5.89. The average Bonchev–Trinajstić information content (AvgIpc) is 2.47. The molecule has 0 saturated heterocycles. The van der Waals surface area contributed by atoms with Gasteiger partial charge in [0.2, 0.25) is 0 Å². The lowest BCUT2D eigenvalue weighted by Crippen LogP contribution is -2.07. The monoisotopic (exact) mass is 285 g/mol. The van der Waals surface area contributed by atoms with E-state index in [0.29, 0.717) is 12.1 Å². The van der Waals surface area contributed by atoms with Gasteiger partial charge in [-0.1, -0.05) is 24.3 Å². The Kier molecular flexibility index (Phi) is 4.95. The van der Waals surface area contributed by atoms with Crippen LogP contribution in [0.25, 0.3) is 0 Å². The van der Waals surface area contributed by atoms with Crippen LogP contribution in [0, 0.1) is 6.92 Å². The van der Waals surface area contributed by atoms with Gasteiger partial charge in [0.05, 0.1) is 5.56 Å². The quantitative estimate of drug-likeness (QED) is 0.856. The predicted molar refractivity (Wildman–Crippen MR) is 81.7 cm³/mol. The third-order valence-electron chi connectivity index (χ3n) is 3.38. The van der Waals surface area contributed by atoms with Crippen LogP contribution in [0.15, 0.2) is 42.5 Å². The second kappa shape index (κ2) is 6.90. The molecule has 0 aliphatic carbocycles. The molecule has 3 N–H and O–H groups in total. The van der Waals surface area contributed by atoms with Crippen molar-refractivity contribution in [1.82, 2.24) is 0 Å². The van der Waals surface area contributed by atoms with Crippen molar-refractivity contribution in [1.29, 1.82) is 0 Å². The number of benzene rings is 2. The fourth-order valence-electron chi connectivity index (χ4n) is 2.17. The van der Waals surface area contributed by atoms with Crippen molar-refractivity contribution in [3.63, 3.8) is 0 Å². The van der Waals surface area contributed by atoms with Crippen LogP contribution in [-0.4, -0.2) is 17.6 Å². The summed E-state index contributed by atoms with van der Waals surface area (Å²) in [6.07, 6.45) is 0.835. The molecule has 2 aromatic rings. The zero-order valence-electron chi connectivity index (χ0n) is 12.0. The summed E-state index contributed by atoms with van der Waals surface area (Å²) in [5.74, 6) is -0.217. The zero-order valence-corrected chi connectivity index (χ0v) is 12.0. The molecule has 4 nitrogen and oxygen atoms in total. The van der Waals surface area contributed by atoms with E-state index in [9.17, 15) is 9.90 Å². The Balaban J connectivity index is 2.11. The molecular formula is C17H19NO3. The van der Waals surface area contributed by atoms with E-state index < -0.39 is 5.97 Å². The zero-order chi connectivity index (χ0) is 15.2. The van der Waals surface area contributed by atoms with Gasteiger partial charge in [-0.15, -0.1) is 0 Å². The molecule has 0 aliphatic rings. The Morgan fingerprint density at radius 2 is 1.90 bits per heavy atom. The largest absolute Gasteiger partial charge is 0.489 e. The van der Waals surface area contributed by atoms with Gasteiger partial charge in [-0.05, 0) is 49.2 Å². The van der Waals surface area contributed by atoms with Crippen molar-refractivity contribution < 1.29 is 14.6 Å². The van der Waals surface area contributed by atoms with Crippen LogP contribution in [0.2, 0.25) is 0 Å². The van der Waals surface area contributed by atoms with E-state index >= 15 is 0 Å². The third-order valence-corrected chi connectivity index (χ3v) is 3.38. The first kappa shape index (κ1) is 15.1. The number of ether oxygens (including phenoxy) is 1. The standard InChI is InChI=1S/C17H19NO3/c1-12-3-2-4-15(17(19)20)16(12)11-21-14-7-5-13(6-8-14)9-10-18/h2-8H,9-11,18H2,1H3,(H,19,20). The van der Waals surface area contributed by atoms with Crippen molar-refractivity contribution in [2.75, 3.05) is 6.54 Å². The van der Waals surface area contributed by atoms with E-state index in [4.69, 9.17) is 10.5 Å². The van der Waals surface area contributed by atoms with Gasteiger partial charge >= 0.3 is 5.97 Å². The minimum absolute atomic E-state index is 0.241. The van der Waals surface area contributed by atoms with E-state index in [1.807, 2.05) is 37.3 Å². The molecule has 0 bridgehead atoms. The molecule has 110 valence electrons. The van der Waals surface area contributed by atoms with Gasteiger partial charge in [0, 0.05) is 5.56 Å². The highest BCUT2D eigenvalue weighted by Crippen LogP contribution is 2.19. The van der Waals surface area contributed by atoms with Crippen LogP contribution < -0.4 is 10.5 Å². The van der Waals surface area contributed by atoms with Crippen LogP contribution in [0.1, 0.15) is 27.0 Å². The summed E-state index contributed by atoms with van der Waals surface area (Å²) >= 11 is 0. The Hall–Kier alpha value is -2.33. The number of carboxylic acids is 1. The molecule has 0 aliphatic heterocycles. The van der Waals surface area contributed by atoms with E-state index in [2.05, 4.69) is 0 Å². The molecule has 21 heavy (non-hydrogen) atoms. The SMILES string of the molecule is Cc1cccc(C(=O)O)c1COc1ccc(CCN)cc1. The lowest BCUT2D eigenvalue weighted by atomic mass is 10.0. The van der Waals surface area contributed by atoms with Crippen LogP contribution in [0.3, 0.4) is 0 Å². The number of aryl methyl sites for hydroxylation is 1. The topological polar surface area (TPSA) is 72.5 Å². The maximum Gasteiger partial charge on any atom is 0.336 e. The first-order chi connectivity index (χ1) is 10.1. The molecule has 0 aromatic heterocycles. The first-order valence-corrected chi connectivity index (χ1v) is 6.85.